The van der Waals surface area contributed by atoms with Gasteiger partial charge in [-0.25, -0.2) is 0 Å². The molecule has 3 aromatic rings. The van der Waals surface area contributed by atoms with E-state index >= 15 is 0 Å². The van der Waals surface area contributed by atoms with E-state index in [1.807, 2.05) is 43.3 Å². The predicted molar refractivity (Wildman–Crippen MR) is 130 cm³/mol. The van der Waals surface area contributed by atoms with Crippen molar-refractivity contribution in [3.8, 4) is 5.75 Å². The lowest BCUT2D eigenvalue weighted by atomic mass is 10.1. The van der Waals surface area contributed by atoms with Crippen molar-refractivity contribution in [1.29, 1.82) is 0 Å². The molecule has 32 heavy (non-hydrogen) atoms. The molecule has 0 atom stereocenters. The normalized spacial score (nSPS) is 10.4. The summed E-state index contributed by atoms with van der Waals surface area (Å²) in [4.78, 5) is 28.1. The number of amides is 2. The first-order chi connectivity index (χ1) is 15.7. The molecule has 0 spiro atoms. The van der Waals surface area contributed by atoms with Crippen LogP contribution in [-0.2, 0) is 0 Å². The number of rotatable bonds is 10. The summed E-state index contributed by atoms with van der Waals surface area (Å²) < 4.78 is 5.85. The minimum atomic E-state index is -0.306. The highest BCUT2D eigenvalue weighted by atomic mass is 16.5. The van der Waals surface area contributed by atoms with Gasteiger partial charge in [0.15, 0.2) is 0 Å². The van der Waals surface area contributed by atoms with Gasteiger partial charge in [0.05, 0.1) is 23.4 Å². The number of nitrogens with one attached hydrogen (secondary N) is 1. The van der Waals surface area contributed by atoms with Gasteiger partial charge in [0.2, 0.25) is 0 Å². The minimum absolute atomic E-state index is 0.168. The Labute approximate surface area is 190 Å². The molecule has 3 rings (SSSR count). The highest BCUT2D eigenvalue weighted by Crippen LogP contribution is 2.24. The quantitative estimate of drug-likeness (QED) is 0.391. The van der Waals surface area contributed by atoms with Crippen LogP contribution in [0.1, 0.15) is 53.8 Å². The van der Waals surface area contributed by atoms with Gasteiger partial charge in [0.25, 0.3) is 11.8 Å². The lowest BCUT2D eigenvalue weighted by Gasteiger charge is -2.22. The van der Waals surface area contributed by atoms with Crippen molar-refractivity contribution >= 4 is 23.2 Å². The van der Waals surface area contributed by atoms with Crippen molar-refractivity contribution in [2.45, 2.75) is 33.1 Å². The fourth-order valence-electron chi connectivity index (χ4n) is 3.48. The second kappa shape index (κ2) is 11.7. The Balaban J connectivity index is 1.81. The Kier molecular flexibility index (Phi) is 8.44. The molecule has 2 amide bonds. The van der Waals surface area contributed by atoms with E-state index in [1.165, 1.54) is 0 Å². The molecule has 0 heterocycles. The molecule has 0 aliphatic carbocycles. The zero-order valence-corrected chi connectivity index (χ0v) is 18.7. The number of nitrogens with zero attached hydrogens (tertiary/aromatic N) is 1. The van der Waals surface area contributed by atoms with Gasteiger partial charge in [-0.05, 0) is 49.7 Å². The van der Waals surface area contributed by atoms with Gasteiger partial charge in [0.1, 0.15) is 5.75 Å². The Hall–Kier alpha value is -3.60. The molecule has 5 heteroatoms. The average Bonchev–Trinajstić information content (AvgIpc) is 2.83. The number of hydrogen-bond acceptors (Lipinski definition) is 3. The number of carbonyl (C=O) groups excluding carboxylic acids is 2. The Bertz CT molecular complexity index is 1030. The lowest BCUT2D eigenvalue weighted by molar-refractivity contribution is 0.0989. The molecule has 166 valence electrons. The van der Waals surface area contributed by atoms with Crippen molar-refractivity contribution in [3.05, 3.63) is 90.0 Å². The van der Waals surface area contributed by atoms with Gasteiger partial charge < -0.3 is 15.0 Å². The van der Waals surface area contributed by atoms with E-state index in [9.17, 15) is 9.59 Å². The van der Waals surface area contributed by atoms with E-state index in [1.54, 1.807) is 47.4 Å². The van der Waals surface area contributed by atoms with Gasteiger partial charge in [-0.15, -0.1) is 0 Å². The molecule has 0 aromatic heterocycles. The molecule has 1 N–H and O–H groups in total. The fourth-order valence-corrected chi connectivity index (χ4v) is 3.48. The van der Waals surface area contributed by atoms with Gasteiger partial charge in [0, 0.05) is 12.2 Å². The lowest BCUT2D eigenvalue weighted by Crippen LogP contribution is -2.31. The molecule has 0 aliphatic rings. The van der Waals surface area contributed by atoms with Gasteiger partial charge in [-0.3, -0.25) is 9.59 Å². The van der Waals surface area contributed by atoms with Crippen molar-refractivity contribution in [3.63, 3.8) is 0 Å². The number of ether oxygens (including phenoxy) is 1. The molecule has 0 unspecified atom stereocenters. The summed E-state index contributed by atoms with van der Waals surface area (Å²) in [5.41, 5.74) is 2.17. The molecular weight excluding hydrogens is 400 g/mol. The Morgan fingerprint density at radius 3 is 2.19 bits per heavy atom. The van der Waals surface area contributed by atoms with Crippen molar-refractivity contribution in [2.75, 3.05) is 23.4 Å². The van der Waals surface area contributed by atoms with Crippen LogP contribution in [0, 0.1) is 0 Å². The maximum atomic E-state index is 13.3. The van der Waals surface area contributed by atoms with Crippen LogP contribution >= 0.6 is 0 Å². The maximum absolute atomic E-state index is 13.3. The van der Waals surface area contributed by atoms with Gasteiger partial charge in [-0.2, -0.15) is 0 Å². The van der Waals surface area contributed by atoms with Crippen molar-refractivity contribution < 1.29 is 14.3 Å². The third-order valence-corrected chi connectivity index (χ3v) is 5.17. The van der Waals surface area contributed by atoms with E-state index in [0.29, 0.717) is 35.7 Å². The first kappa shape index (κ1) is 23.1. The highest BCUT2D eigenvalue weighted by molar-refractivity contribution is 6.14. The number of carbonyl (C=O) groups is 2. The molecule has 0 bridgehead atoms. The van der Waals surface area contributed by atoms with E-state index in [2.05, 4.69) is 12.2 Å². The van der Waals surface area contributed by atoms with Crippen LogP contribution in [0.25, 0.3) is 0 Å². The Morgan fingerprint density at radius 2 is 1.47 bits per heavy atom. The summed E-state index contributed by atoms with van der Waals surface area (Å²) >= 11 is 0. The molecule has 0 aliphatic heterocycles. The predicted octanol–water partition coefficient (Wildman–Crippen LogP) is 6.17. The molecule has 0 fully saturated rings. The standard InChI is InChI=1S/C27H30N2O3/c1-3-5-13-20-32-25-19-12-10-17-23(25)26(30)28-24-18-11-9-16-22(24)27(31)29(4-2)21-14-7-6-8-15-21/h6-12,14-19H,3-5,13,20H2,1-2H3,(H,28,30). The first-order valence-electron chi connectivity index (χ1n) is 11.1. The number of anilines is 2. The van der Waals surface area contributed by atoms with Crippen LogP contribution in [0.15, 0.2) is 78.9 Å². The second-order valence-corrected chi connectivity index (χ2v) is 7.44. The Morgan fingerprint density at radius 1 is 0.812 bits per heavy atom. The zero-order valence-electron chi connectivity index (χ0n) is 18.7. The van der Waals surface area contributed by atoms with E-state index in [-0.39, 0.29) is 11.8 Å². The number of unbranched alkanes of at least 4 members (excludes halogenated alkanes) is 2. The molecule has 3 aromatic carbocycles. The molecule has 5 nitrogen and oxygen atoms in total. The summed E-state index contributed by atoms with van der Waals surface area (Å²) in [5.74, 6) is 0.0715. The van der Waals surface area contributed by atoms with E-state index in [0.717, 1.165) is 24.9 Å². The molecule has 0 radical (unpaired) electrons. The third kappa shape index (κ3) is 5.76. The molecular formula is C27H30N2O3. The summed E-state index contributed by atoms with van der Waals surface area (Å²) in [6, 6.07) is 23.8. The topological polar surface area (TPSA) is 58.6 Å². The number of para-hydroxylation sites is 3. The van der Waals surface area contributed by atoms with E-state index in [4.69, 9.17) is 4.74 Å². The largest absolute Gasteiger partial charge is 0.493 e. The second-order valence-electron chi connectivity index (χ2n) is 7.44. The van der Waals surface area contributed by atoms with Gasteiger partial charge >= 0.3 is 0 Å². The van der Waals surface area contributed by atoms with Crippen LogP contribution in [0.5, 0.6) is 5.75 Å². The average molecular weight is 431 g/mol. The maximum Gasteiger partial charge on any atom is 0.260 e. The number of hydrogen-bond donors (Lipinski definition) is 1. The van der Waals surface area contributed by atoms with Crippen LogP contribution < -0.4 is 15.0 Å². The fraction of sp³-hybridized carbons (Fsp3) is 0.259. The summed E-state index contributed by atoms with van der Waals surface area (Å²) in [6.45, 7) is 5.14. The smallest absolute Gasteiger partial charge is 0.260 e. The van der Waals surface area contributed by atoms with Crippen LogP contribution in [0.4, 0.5) is 11.4 Å². The van der Waals surface area contributed by atoms with Crippen molar-refractivity contribution in [1.82, 2.24) is 0 Å². The summed E-state index contributed by atoms with van der Waals surface area (Å²) in [6.07, 6.45) is 3.13. The SMILES string of the molecule is CCCCCOc1ccccc1C(=O)Nc1ccccc1C(=O)N(CC)c1ccccc1. The highest BCUT2D eigenvalue weighted by Gasteiger charge is 2.21. The van der Waals surface area contributed by atoms with E-state index < -0.39 is 0 Å². The third-order valence-electron chi connectivity index (χ3n) is 5.17. The van der Waals surface area contributed by atoms with Gasteiger partial charge in [-0.1, -0.05) is 62.2 Å². The van der Waals surface area contributed by atoms with Crippen LogP contribution in [0.3, 0.4) is 0 Å². The zero-order chi connectivity index (χ0) is 22.8. The number of benzene rings is 3. The van der Waals surface area contributed by atoms with Crippen molar-refractivity contribution in [2.24, 2.45) is 0 Å². The summed E-state index contributed by atoms with van der Waals surface area (Å²) in [5, 5.41) is 2.91. The van der Waals surface area contributed by atoms with Crippen LogP contribution in [0.2, 0.25) is 0 Å². The first-order valence-corrected chi connectivity index (χ1v) is 11.1. The van der Waals surface area contributed by atoms with Crippen LogP contribution in [-0.4, -0.2) is 25.0 Å². The molecule has 0 saturated heterocycles. The minimum Gasteiger partial charge on any atom is -0.493 e. The molecule has 0 saturated carbocycles. The monoisotopic (exact) mass is 430 g/mol. The summed E-state index contributed by atoms with van der Waals surface area (Å²) in [7, 11) is 0.